The molecule has 0 bridgehead atoms. The SMILES string of the molecule is [B]c1ccc2c(c1)C(=O)COC2. The van der Waals surface area contributed by atoms with Crippen molar-refractivity contribution in [3.05, 3.63) is 29.3 Å². The molecule has 58 valence electrons. The first-order valence-electron chi connectivity index (χ1n) is 3.77. The van der Waals surface area contributed by atoms with Gasteiger partial charge in [0.1, 0.15) is 14.5 Å². The Labute approximate surface area is 71.9 Å². The maximum Gasteiger partial charge on any atom is 0.188 e. The number of carbonyl (C=O) groups is 1. The molecule has 2 radical (unpaired) electrons. The first-order valence-corrected chi connectivity index (χ1v) is 3.77. The number of hydrogen-bond acceptors (Lipinski definition) is 2. The molecule has 0 atom stereocenters. The van der Waals surface area contributed by atoms with Gasteiger partial charge in [-0.2, -0.15) is 0 Å². The van der Waals surface area contributed by atoms with E-state index in [0.717, 1.165) is 5.56 Å². The molecule has 0 N–H and O–H groups in total. The van der Waals surface area contributed by atoms with Crippen molar-refractivity contribution in [3.8, 4) is 0 Å². The second-order valence-electron chi connectivity index (χ2n) is 2.83. The zero-order chi connectivity index (χ0) is 8.55. The number of carbonyl (C=O) groups excluding carboxylic acids is 1. The van der Waals surface area contributed by atoms with Crippen LogP contribution in [0.3, 0.4) is 0 Å². The van der Waals surface area contributed by atoms with E-state index in [9.17, 15) is 4.79 Å². The quantitative estimate of drug-likeness (QED) is 0.504. The summed E-state index contributed by atoms with van der Waals surface area (Å²) in [5.41, 5.74) is 2.27. The molecule has 0 amide bonds. The van der Waals surface area contributed by atoms with E-state index in [4.69, 9.17) is 12.6 Å². The minimum Gasteiger partial charge on any atom is -0.369 e. The van der Waals surface area contributed by atoms with Crippen LogP contribution in [0.15, 0.2) is 18.2 Å². The second kappa shape index (κ2) is 2.75. The fourth-order valence-electron chi connectivity index (χ4n) is 1.31. The minimum atomic E-state index is 0.0172. The Morgan fingerprint density at radius 3 is 3.00 bits per heavy atom. The highest BCUT2D eigenvalue weighted by molar-refractivity contribution is 6.32. The Morgan fingerprint density at radius 2 is 2.17 bits per heavy atom. The smallest absolute Gasteiger partial charge is 0.188 e. The van der Waals surface area contributed by atoms with Gasteiger partial charge in [-0.25, -0.2) is 0 Å². The monoisotopic (exact) mass is 158 g/mol. The molecule has 1 aliphatic rings. The van der Waals surface area contributed by atoms with Crippen LogP contribution in [-0.4, -0.2) is 20.2 Å². The standard InChI is InChI=1S/C9H7BO2/c10-7-2-1-6-4-12-5-9(11)8(6)3-7/h1-3H,4-5H2. The number of Topliss-reactive ketones (excluding diaryl/α,β-unsaturated/α-hetero) is 1. The van der Waals surface area contributed by atoms with Gasteiger partial charge in [-0.3, -0.25) is 4.79 Å². The van der Waals surface area contributed by atoms with Gasteiger partial charge in [0.05, 0.1) is 6.61 Å². The van der Waals surface area contributed by atoms with E-state index in [0.29, 0.717) is 17.6 Å². The van der Waals surface area contributed by atoms with Crippen LogP contribution in [0.2, 0.25) is 0 Å². The lowest BCUT2D eigenvalue weighted by Gasteiger charge is -2.15. The lowest BCUT2D eigenvalue weighted by Crippen LogP contribution is -2.20. The van der Waals surface area contributed by atoms with Crippen LogP contribution in [0.1, 0.15) is 15.9 Å². The highest BCUT2D eigenvalue weighted by Gasteiger charge is 2.16. The van der Waals surface area contributed by atoms with Crippen LogP contribution >= 0.6 is 0 Å². The van der Waals surface area contributed by atoms with E-state index >= 15 is 0 Å². The number of ether oxygens (including phenoxy) is 1. The highest BCUT2D eigenvalue weighted by Crippen LogP contribution is 2.14. The Balaban J connectivity index is 2.54. The number of benzene rings is 1. The number of fused-ring (bicyclic) bond motifs is 1. The first kappa shape index (κ1) is 7.56. The van der Waals surface area contributed by atoms with Crippen molar-refractivity contribution < 1.29 is 9.53 Å². The molecule has 1 aromatic carbocycles. The molecule has 0 fully saturated rings. The molecule has 1 aliphatic heterocycles. The van der Waals surface area contributed by atoms with E-state index in [1.165, 1.54) is 0 Å². The Morgan fingerprint density at radius 1 is 1.33 bits per heavy atom. The predicted octanol–water partition coefficient (Wildman–Crippen LogP) is 0.193. The van der Waals surface area contributed by atoms with Gasteiger partial charge in [-0.15, -0.1) is 0 Å². The molecule has 2 nitrogen and oxygen atoms in total. The van der Waals surface area contributed by atoms with Crippen LogP contribution in [0.4, 0.5) is 0 Å². The maximum atomic E-state index is 11.3. The van der Waals surface area contributed by atoms with Gasteiger partial charge in [0, 0.05) is 5.56 Å². The third-order valence-electron chi connectivity index (χ3n) is 1.93. The molecule has 0 saturated carbocycles. The molecular formula is C9H7BO2. The van der Waals surface area contributed by atoms with E-state index in [2.05, 4.69) is 0 Å². The van der Waals surface area contributed by atoms with Gasteiger partial charge in [0.15, 0.2) is 5.78 Å². The summed E-state index contributed by atoms with van der Waals surface area (Å²) >= 11 is 0. The second-order valence-corrected chi connectivity index (χ2v) is 2.83. The molecule has 0 aromatic heterocycles. The summed E-state index contributed by atoms with van der Waals surface area (Å²) in [6.07, 6.45) is 0. The molecule has 0 aliphatic carbocycles. The Hall–Kier alpha value is -1.09. The summed E-state index contributed by atoms with van der Waals surface area (Å²) in [6, 6.07) is 5.32. The van der Waals surface area contributed by atoms with Crippen LogP contribution < -0.4 is 5.46 Å². The number of rotatable bonds is 0. The van der Waals surface area contributed by atoms with E-state index in [1.807, 2.05) is 6.07 Å². The minimum absolute atomic E-state index is 0.0172. The largest absolute Gasteiger partial charge is 0.369 e. The van der Waals surface area contributed by atoms with E-state index < -0.39 is 0 Å². The molecule has 1 aromatic rings. The van der Waals surface area contributed by atoms with Crippen LogP contribution in [0.5, 0.6) is 0 Å². The highest BCUT2D eigenvalue weighted by atomic mass is 16.5. The molecule has 12 heavy (non-hydrogen) atoms. The van der Waals surface area contributed by atoms with Crippen molar-refractivity contribution in [2.45, 2.75) is 6.61 Å². The van der Waals surface area contributed by atoms with Gasteiger partial charge < -0.3 is 4.74 Å². The van der Waals surface area contributed by atoms with Crippen molar-refractivity contribution >= 4 is 19.1 Å². The summed E-state index contributed by atoms with van der Waals surface area (Å²) in [7, 11) is 5.55. The molecular weight excluding hydrogens is 151 g/mol. The van der Waals surface area contributed by atoms with Crippen molar-refractivity contribution in [1.29, 1.82) is 0 Å². The molecule has 1 heterocycles. The average Bonchev–Trinajstić information content (AvgIpc) is 2.07. The van der Waals surface area contributed by atoms with E-state index in [1.54, 1.807) is 12.1 Å². The summed E-state index contributed by atoms with van der Waals surface area (Å²) < 4.78 is 5.06. The Bertz CT molecular complexity index is 333. The molecule has 0 unspecified atom stereocenters. The third kappa shape index (κ3) is 1.16. The summed E-state index contributed by atoms with van der Waals surface area (Å²) in [6.45, 7) is 0.692. The van der Waals surface area contributed by atoms with Gasteiger partial charge in [-0.05, 0) is 5.56 Å². The topological polar surface area (TPSA) is 26.3 Å². The average molecular weight is 158 g/mol. The van der Waals surface area contributed by atoms with Crippen LogP contribution in [-0.2, 0) is 11.3 Å². The summed E-state index contributed by atoms with van der Waals surface area (Å²) in [5, 5.41) is 0. The zero-order valence-corrected chi connectivity index (χ0v) is 6.54. The number of hydrogen-bond donors (Lipinski definition) is 0. The van der Waals surface area contributed by atoms with Gasteiger partial charge >= 0.3 is 0 Å². The normalized spacial score (nSPS) is 15.8. The Kier molecular flexibility index (Phi) is 1.73. The number of ketones is 1. The lowest BCUT2D eigenvalue weighted by atomic mass is 9.90. The molecule has 2 rings (SSSR count). The maximum absolute atomic E-state index is 11.3. The van der Waals surface area contributed by atoms with Gasteiger partial charge in [-0.1, -0.05) is 23.7 Å². The summed E-state index contributed by atoms with van der Waals surface area (Å²) in [5.74, 6) is 0.0172. The third-order valence-corrected chi connectivity index (χ3v) is 1.93. The van der Waals surface area contributed by atoms with Crippen LogP contribution in [0, 0.1) is 0 Å². The van der Waals surface area contributed by atoms with Crippen molar-refractivity contribution in [1.82, 2.24) is 0 Å². The first-order chi connectivity index (χ1) is 5.77. The van der Waals surface area contributed by atoms with Crippen molar-refractivity contribution in [3.63, 3.8) is 0 Å². The van der Waals surface area contributed by atoms with E-state index in [-0.39, 0.29) is 12.4 Å². The molecule has 0 saturated heterocycles. The zero-order valence-electron chi connectivity index (χ0n) is 6.54. The van der Waals surface area contributed by atoms with Crippen molar-refractivity contribution in [2.75, 3.05) is 6.61 Å². The summed E-state index contributed by atoms with van der Waals surface area (Å²) in [4.78, 5) is 11.3. The molecule has 0 spiro atoms. The molecule has 3 heteroatoms. The predicted molar refractivity (Wildman–Crippen MR) is 45.8 cm³/mol. The van der Waals surface area contributed by atoms with Crippen molar-refractivity contribution in [2.24, 2.45) is 0 Å². The fraction of sp³-hybridized carbons (Fsp3) is 0.222. The fourth-order valence-corrected chi connectivity index (χ4v) is 1.31. The van der Waals surface area contributed by atoms with Crippen LogP contribution in [0.25, 0.3) is 0 Å². The lowest BCUT2D eigenvalue weighted by molar-refractivity contribution is 0.0666. The van der Waals surface area contributed by atoms with Gasteiger partial charge in [0.25, 0.3) is 0 Å². The van der Waals surface area contributed by atoms with Gasteiger partial charge in [0.2, 0.25) is 0 Å².